The van der Waals surface area contributed by atoms with E-state index in [4.69, 9.17) is 0 Å². The summed E-state index contributed by atoms with van der Waals surface area (Å²) in [5.74, 6) is 0.333. The second-order valence-corrected chi connectivity index (χ2v) is 5.51. The maximum absolute atomic E-state index is 11.0. The first-order valence-electron chi connectivity index (χ1n) is 8.09. The lowest BCUT2D eigenvalue weighted by Crippen LogP contribution is -2.02. The molecule has 107 valence electrons. The molecule has 0 aromatic rings. The highest BCUT2D eigenvalue weighted by Crippen LogP contribution is 2.17. The third kappa shape index (κ3) is 12.1. The van der Waals surface area contributed by atoms with Gasteiger partial charge in [-0.1, -0.05) is 84.5 Å². The summed E-state index contributed by atoms with van der Waals surface area (Å²) < 4.78 is 0. The van der Waals surface area contributed by atoms with Crippen LogP contribution in [0.25, 0.3) is 0 Å². The van der Waals surface area contributed by atoms with E-state index in [1.165, 1.54) is 70.5 Å². The Morgan fingerprint density at radius 2 is 1.33 bits per heavy atom. The van der Waals surface area contributed by atoms with E-state index in [1.807, 2.05) is 0 Å². The summed E-state index contributed by atoms with van der Waals surface area (Å²) in [4.78, 5) is 11.0. The van der Waals surface area contributed by atoms with Crippen LogP contribution in [0.4, 0.5) is 0 Å². The van der Waals surface area contributed by atoms with Gasteiger partial charge in [-0.3, -0.25) is 0 Å². The minimum Gasteiger partial charge on any atom is -0.303 e. The fourth-order valence-corrected chi connectivity index (χ4v) is 2.40. The summed E-state index contributed by atoms with van der Waals surface area (Å²) in [6, 6.07) is 0. The lowest BCUT2D eigenvalue weighted by Gasteiger charge is -2.09. The third-order valence-electron chi connectivity index (χ3n) is 3.70. The van der Waals surface area contributed by atoms with Gasteiger partial charge in [-0.25, -0.2) is 0 Å². The first-order valence-corrected chi connectivity index (χ1v) is 8.09. The van der Waals surface area contributed by atoms with E-state index in [1.54, 1.807) is 0 Å². The third-order valence-corrected chi connectivity index (χ3v) is 3.70. The molecule has 1 heteroatoms. The molecule has 0 aliphatic carbocycles. The van der Waals surface area contributed by atoms with Crippen LogP contribution < -0.4 is 0 Å². The number of carbonyl (C=O) groups is 1. The second kappa shape index (κ2) is 14.7. The normalized spacial score (nSPS) is 12.6. The average Bonchev–Trinajstić information content (AvgIpc) is 2.40. The Balaban J connectivity index is 3.32. The number of hydrogen-bond donors (Lipinski definition) is 0. The van der Waals surface area contributed by atoms with Crippen molar-refractivity contribution in [3.8, 4) is 0 Å². The molecule has 0 amide bonds. The van der Waals surface area contributed by atoms with Gasteiger partial charge in [0.15, 0.2) is 0 Å². The molecule has 1 nitrogen and oxygen atoms in total. The van der Waals surface area contributed by atoms with Crippen molar-refractivity contribution in [2.24, 2.45) is 5.92 Å². The van der Waals surface area contributed by atoms with Crippen molar-refractivity contribution in [1.82, 2.24) is 0 Å². The Morgan fingerprint density at radius 3 is 1.83 bits per heavy atom. The number of hydrogen-bond acceptors (Lipinski definition) is 1. The average molecular weight is 253 g/mol. The summed E-state index contributed by atoms with van der Waals surface area (Å²) in [5.41, 5.74) is 0. The van der Waals surface area contributed by atoms with E-state index < -0.39 is 0 Å². The van der Waals surface area contributed by atoms with E-state index >= 15 is 0 Å². The minimum atomic E-state index is 0.333. The Labute approximate surface area is 115 Å². The standard InChI is InChI=1S/C17H33O/c1-3-5-7-9-11-13-15-17(16-18)14-12-10-8-6-4-2/h16-17H,1,3-15H2,2H3. The molecule has 1 atom stereocenters. The highest BCUT2D eigenvalue weighted by Gasteiger charge is 2.06. The van der Waals surface area contributed by atoms with E-state index in [-0.39, 0.29) is 0 Å². The topological polar surface area (TPSA) is 17.1 Å². The van der Waals surface area contributed by atoms with Crippen LogP contribution in [0.5, 0.6) is 0 Å². The molecule has 0 spiro atoms. The zero-order valence-corrected chi connectivity index (χ0v) is 12.5. The molecule has 0 aliphatic heterocycles. The molecular weight excluding hydrogens is 220 g/mol. The predicted molar refractivity (Wildman–Crippen MR) is 80.6 cm³/mol. The summed E-state index contributed by atoms with van der Waals surface area (Å²) in [5, 5.41) is 0. The van der Waals surface area contributed by atoms with Crippen molar-refractivity contribution in [2.45, 2.75) is 90.4 Å². The van der Waals surface area contributed by atoms with Crippen molar-refractivity contribution in [2.75, 3.05) is 0 Å². The van der Waals surface area contributed by atoms with Gasteiger partial charge in [0.05, 0.1) is 0 Å². The molecule has 0 aromatic heterocycles. The predicted octanol–water partition coefficient (Wildman–Crippen LogP) is 5.73. The van der Waals surface area contributed by atoms with Crippen molar-refractivity contribution in [1.29, 1.82) is 0 Å². The van der Waals surface area contributed by atoms with Crippen LogP contribution in [-0.2, 0) is 4.79 Å². The van der Waals surface area contributed by atoms with Gasteiger partial charge < -0.3 is 4.79 Å². The van der Waals surface area contributed by atoms with E-state index in [0.29, 0.717) is 5.92 Å². The van der Waals surface area contributed by atoms with Gasteiger partial charge in [0, 0.05) is 5.92 Å². The lowest BCUT2D eigenvalue weighted by molar-refractivity contribution is -0.111. The van der Waals surface area contributed by atoms with Gasteiger partial charge >= 0.3 is 0 Å². The molecule has 0 bridgehead atoms. The fraction of sp³-hybridized carbons (Fsp3) is 0.882. The molecule has 0 aromatic carbocycles. The lowest BCUT2D eigenvalue weighted by atomic mass is 9.95. The van der Waals surface area contributed by atoms with Gasteiger partial charge in [-0.2, -0.15) is 0 Å². The Bertz CT molecular complexity index is 165. The maximum atomic E-state index is 11.0. The second-order valence-electron chi connectivity index (χ2n) is 5.51. The van der Waals surface area contributed by atoms with Crippen LogP contribution in [0.2, 0.25) is 0 Å². The molecule has 0 saturated carbocycles. The number of unbranched alkanes of at least 4 members (excludes halogenated alkanes) is 9. The summed E-state index contributed by atoms with van der Waals surface area (Å²) in [6.07, 6.45) is 17.4. The fourth-order valence-electron chi connectivity index (χ4n) is 2.40. The van der Waals surface area contributed by atoms with Gasteiger partial charge in [-0.15, -0.1) is 0 Å². The molecule has 0 fully saturated rings. The maximum Gasteiger partial charge on any atom is 0.123 e. The molecular formula is C17H33O. The number of carbonyl (C=O) groups excluding carboxylic acids is 1. The highest BCUT2D eigenvalue weighted by molar-refractivity contribution is 5.53. The molecule has 0 heterocycles. The van der Waals surface area contributed by atoms with Gasteiger partial charge in [0.25, 0.3) is 0 Å². The molecule has 0 rings (SSSR count). The monoisotopic (exact) mass is 253 g/mol. The first kappa shape index (κ1) is 17.7. The Morgan fingerprint density at radius 1 is 0.833 bits per heavy atom. The molecule has 0 saturated heterocycles. The van der Waals surface area contributed by atoms with E-state index in [2.05, 4.69) is 13.8 Å². The molecule has 0 N–H and O–H groups in total. The van der Waals surface area contributed by atoms with Crippen LogP contribution in [-0.4, -0.2) is 6.29 Å². The van der Waals surface area contributed by atoms with Crippen molar-refractivity contribution < 1.29 is 4.79 Å². The van der Waals surface area contributed by atoms with Crippen molar-refractivity contribution in [3.63, 3.8) is 0 Å². The Kier molecular flexibility index (Phi) is 14.5. The smallest absolute Gasteiger partial charge is 0.123 e. The van der Waals surface area contributed by atoms with E-state index in [0.717, 1.165) is 19.3 Å². The number of rotatable bonds is 14. The summed E-state index contributed by atoms with van der Waals surface area (Å²) in [6.45, 7) is 6.09. The van der Waals surface area contributed by atoms with Crippen LogP contribution >= 0.6 is 0 Å². The SMILES string of the molecule is [CH2]CCCCCCCC(C=O)CCCCCCC. The van der Waals surface area contributed by atoms with Gasteiger partial charge in [-0.05, 0) is 12.8 Å². The number of aldehydes is 1. The van der Waals surface area contributed by atoms with Gasteiger partial charge in [0.2, 0.25) is 0 Å². The summed E-state index contributed by atoms with van der Waals surface area (Å²) >= 11 is 0. The molecule has 1 unspecified atom stereocenters. The first-order chi connectivity index (χ1) is 8.85. The van der Waals surface area contributed by atoms with Crippen LogP contribution in [0, 0.1) is 12.8 Å². The van der Waals surface area contributed by atoms with Crippen molar-refractivity contribution in [3.05, 3.63) is 6.92 Å². The van der Waals surface area contributed by atoms with Crippen molar-refractivity contribution >= 4 is 6.29 Å². The largest absolute Gasteiger partial charge is 0.303 e. The quantitative estimate of drug-likeness (QED) is 0.285. The zero-order valence-electron chi connectivity index (χ0n) is 12.5. The molecule has 0 aliphatic rings. The molecule has 18 heavy (non-hydrogen) atoms. The zero-order chi connectivity index (χ0) is 13.5. The Hall–Kier alpha value is -0.330. The minimum absolute atomic E-state index is 0.333. The summed E-state index contributed by atoms with van der Waals surface area (Å²) in [7, 11) is 0. The van der Waals surface area contributed by atoms with Crippen LogP contribution in [0.3, 0.4) is 0 Å². The highest BCUT2D eigenvalue weighted by atomic mass is 16.1. The van der Waals surface area contributed by atoms with Crippen LogP contribution in [0.1, 0.15) is 90.4 Å². The molecule has 1 radical (unpaired) electrons. The van der Waals surface area contributed by atoms with E-state index in [9.17, 15) is 4.79 Å². The van der Waals surface area contributed by atoms with Gasteiger partial charge in [0.1, 0.15) is 6.29 Å². The van der Waals surface area contributed by atoms with Crippen LogP contribution in [0.15, 0.2) is 0 Å².